The molecule has 0 bridgehead atoms. The van der Waals surface area contributed by atoms with Gasteiger partial charge in [0.25, 0.3) is 0 Å². The summed E-state index contributed by atoms with van der Waals surface area (Å²) >= 11 is 0. The van der Waals surface area contributed by atoms with Crippen molar-refractivity contribution >= 4 is 6.09 Å². The van der Waals surface area contributed by atoms with Gasteiger partial charge in [-0.05, 0) is 134 Å². The molecule has 0 radical (unpaired) electrons. The van der Waals surface area contributed by atoms with Crippen LogP contribution in [0, 0.1) is 56.7 Å². The molecule has 5 fully saturated rings. The molecule has 4 heteroatoms. The van der Waals surface area contributed by atoms with E-state index >= 15 is 0 Å². The minimum Gasteiger partial charge on any atom is -0.465 e. The maximum Gasteiger partial charge on any atom is 0.404 e. The summed E-state index contributed by atoms with van der Waals surface area (Å²) in [6.45, 7) is 19.9. The summed E-state index contributed by atoms with van der Waals surface area (Å²) in [6.07, 6.45) is 12.2. The molecule has 0 unspecified atom stereocenters. The lowest BCUT2D eigenvalue weighted by Gasteiger charge is -2.73. The molecule has 0 aromatic heterocycles. The second-order valence-corrected chi connectivity index (χ2v) is 15.4. The third kappa shape index (κ3) is 3.44. The lowest BCUT2D eigenvalue weighted by molar-refractivity contribution is -0.247. The van der Waals surface area contributed by atoms with E-state index in [0.29, 0.717) is 46.5 Å². The Morgan fingerprint density at radius 1 is 0.889 bits per heavy atom. The topological polar surface area (TPSA) is 69.6 Å². The molecule has 5 aliphatic carbocycles. The van der Waals surface area contributed by atoms with Gasteiger partial charge in [-0.15, -0.1) is 0 Å². The van der Waals surface area contributed by atoms with Gasteiger partial charge < -0.3 is 15.5 Å². The van der Waals surface area contributed by atoms with Gasteiger partial charge in [0.05, 0.1) is 6.10 Å². The van der Waals surface area contributed by atoms with Crippen LogP contribution in [-0.2, 0) is 0 Å². The van der Waals surface area contributed by atoms with Gasteiger partial charge in [0.1, 0.15) is 0 Å². The molecule has 3 N–H and O–H groups in total. The predicted molar refractivity (Wildman–Crippen MR) is 146 cm³/mol. The number of rotatable bonds is 4. The number of amides is 1. The zero-order chi connectivity index (χ0) is 26.3. The second kappa shape index (κ2) is 8.48. The fraction of sp³-hybridized carbons (Fsp3) is 0.906. The van der Waals surface area contributed by atoms with Crippen molar-refractivity contribution in [1.29, 1.82) is 0 Å². The fourth-order valence-corrected chi connectivity index (χ4v) is 12.1. The summed E-state index contributed by atoms with van der Waals surface area (Å²) in [5, 5.41) is 22.9. The number of carbonyl (C=O) groups is 1. The Kier molecular flexibility index (Phi) is 6.26. The summed E-state index contributed by atoms with van der Waals surface area (Å²) < 4.78 is 0. The molecule has 1 amide bonds. The van der Waals surface area contributed by atoms with Crippen molar-refractivity contribution in [3.8, 4) is 0 Å². The molecule has 5 aliphatic rings. The summed E-state index contributed by atoms with van der Waals surface area (Å²) in [7, 11) is 0. The summed E-state index contributed by atoms with van der Waals surface area (Å²) in [4.78, 5) is 11.3. The highest BCUT2D eigenvalue weighted by molar-refractivity contribution is 5.64. The Labute approximate surface area is 220 Å². The molecule has 0 heterocycles. The van der Waals surface area contributed by atoms with E-state index in [2.05, 4.69) is 53.4 Å². The van der Waals surface area contributed by atoms with Crippen LogP contribution in [0.15, 0.2) is 12.2 Å². The van der Waals surface area contributed by atoms with E-state index in [1.165, 1.54) is 63.4 Å². The van der Waals surface area contributed by atoms with E-state index in [4.69, 9.17) is 0 Å². The second-order valence-electron chi connectivity index (χ2n) is 15.4. The van der Waals surface area contributed by atoms with Crippen LogP contribution in [0.5, 0.6) is 0 Å². The van der Waals surface area contributed by atoms with E-state index < -0.39 is 6.09 Å². The number of nitrogens with one attached hydrogen (secondary N) is 1. The van der Waals surface area contributed by atoms with Crippen molar-refractivity contribution in [3.63, 3.8) is 0 Å². The molecule has 0 aromatic rings. The van der Waals surface area contributed by atoms with Crippen LogP contribution in [0.25, 0.3) is 0 Å². The van der Waals surface area contributed by atoms with Crippen LogP contribution in [0.1, 0.15) is 112 Å². The molecule has 5 saturated carbocycles. The van der Waals surface area contributed by atoms with Gasteiger partial charge in [0.15, 0.2) is 0 Å². The Morgan fingerprint density at radius 3 is 2.28 bits per heavy atom. The van der Waals surface area contributed by atoms with Crippen LogP contribution in [-0.4, -0.2) is 29.0 Å². The molecule has 0 spiro atoms. The number of fused-ring (bicyclic) bond motifs is 7. The van der Waals surface area contributed by atoms with Gasteiger partial charge >= 0.3 is 6.09 Å². The van der Waals surface area contributed by atoms with E-state index in [-0.39, 0.29) is 16.9 Å². The van der Waals surface area contributed by atoms with E-state index in [0.717, 1.165) is 18.8 Å². The Bertz CT molecular complexity index is 913. The van der Waals surface area contributed by atoms with Crippen LogP contribution in [0.3, 0.4) is 0 Å². The van der Waals surface area contributed by atoms with Gasteiger partial charge in [-0.3, -0.25) is 0 Å². The molecule has 5 rings (SSSR count). The number of hydrogen-bond donors (Lipinski definition) is 3. The van der Waals surface area contributed by atoms with Crippen molar-refractivity contribution in [1.82, 2.24) is 5.32 Å². The van der Waals surface area contributed by atoms with Gasteiger partial charge in [-0.1, -0.05) is 46.8 Å². The summed E-state index contributed by atoms with van der Waals surface area (Å²) in [5.74, 6) is 3.24. The molecule has 0 aliphatic heterocycles. The minimum atomic E-state index is -0.892. The largest absolute Gasteiger partial charge is 0.465 e. The highest BCUT2D eigenvalue weighted by Gasteiger charge is 2.70. The maximum atomic E-state index is 11.3. The van der Waals surface area contributed by atoms with Gasteiger partial charge in [0.2, 0.25) is 0 Å². The van der Waals surface area contributed by atoms with Crippen molar-refractivity contribution in [3.05, 3.63) is 12.2 Å². The molecular weight excluding hydrogens is 446 g/mol. The van der Waals surface area contributed by atoms with Gasteiger partial charge in [-0.25, -0.2) is 4.79 Å². The average molecular weight is 500 g/mol. The smallest absolute Gasteiger partial charge is 0.404 e. The summed E-state index contributed by atoms with van der Waals surface area (Å²) in [6, 6.07) is 0. The first-order valence-corrected chi connectivity index (χ1v) is 15.0. The molecule has 204 valence electrons. The van der Waals surface area contributed by atoms with Crippen LogP contribution in [0.4, 0.5) is 4.79 Å². The average Bonchev–Trinajstić information content (AvgIpc) is 3.17. The predicted octanol–water partition coefficient (Wildman–Crippen LogP) is 7.66. The van der Waals surface area contributed by atoms with E-state index in [1.54, 1.807) is 0 Å². The Morgan fingerprint density at radius 2 is 1.61 bits per heavy atom. The third-order valence-corrected chi connectivity index (χ3v) is 14.1. The number of hydrogen-bond acceptors (Lipinski definition) is 2. The molecule has 0 aromatic carbocycles. The number of aliphatic hydroxyl groups excluding tert-OH is 1. The highest BCUT2D eigenvalue weighted by Crippen LogP contribution is 2.77. The first-order valence-electron chi connectivity index (χ1n) is 15.0. The molecular formula is C32H53NO3. The minimum absolute atomic E-state index is 0.00143. The van der Waals surface area contributed by atoms with Crippen LogP contribution < -0.4 is 5.32 Å². The van der Waals surface area contributed by atoms with Gasteiger partial charge in [0, 0.05) is 6.54 Å². The number of carboxylic acid groups (broad SMARTS) is 1. The fourth-order valence-electron chi connectivity index (χ4n) is 12.1. The molecule has 0 saturated heterocycles. The van der Waals surface area contributed by atoms with E-state index in [9.17, 15) is 15.0 Å². The maximum absolute atomic E-state index is 11.3. The monoisotopic (exact) mass is 499 g/mol. The van der Waals surface area contributed by atoms with Crippen LogP contribution >= 0.6 is 0 Å². The normalized spacial score (nSPS) is 51.3. The Hall–Kier alpha value is -1.03. The zero-order valence-corrected chi connectivity index (χ0v) is 24.0. The van der Waals surface area contributed by atoms with Crippen LogP contribution in [0.2, 0.25) is 0 Å². The van der Waals surface area contributed by atoms with Gasteiger partial charge in [-0.2, -0.15) is 0 Å². The quantitative estimate of drug-likeness (QED) is 0.348. The van der Waals surface area contributed by atoms with Crippen molar-refractivity contribution in [2.75, 3.05) is 6.54 Å². The summed E-state index contributed by atoms with van der Waals surface area (Å²) in [5.41, 5.74) is 2.57. The molecule has 36 heavy (non-hydrogen) atoms. The Balaban J connectivity index is 1.50. The van der Waals surface area contributed by atoms with E-state index in [1.807, 2.05) is 0 Å². The molecule has 10 atom stereocenters. The van der Waals surface area contributed by atoms with Crippen molar-refractivity contribution in [2.45, 2.75) is 118 Å². The van der Waals surface area contributed by atoms with Crippen molar-refractivity contribution < 1.29 is 15.0 Å². The SMILES string of the molecule is C=C(C)[C@@H]1CC[C@]2(CCNC(=O)O)CC[C@]3(C)[C@H](CC[C@@H]4[C@@]5(C)CC[C@H](O)C(C)(C)[C@@H]5CC[C@]43C)[C@@H]12. The first kappa shape index (κ1) is 26.6. The highest BCUT2D eigenvalue weighted by atomic mass is 16.4. The lowest BCUT2D eigenvalue weighted by Crippen LogP contribution is -2.66. The third-order valence-electron chi connectivity index (χ3n) is 14.1. The lowest BCUT2D eigenvalue weighted by atomic mass is 9.32. The van der Waals surface area contributed by atoms with Crippen molar-refractivity contribution in [2.24, 2.45) is 56.7 Å². The zero-order valence-electron chi connectivity index (χ0n) is 24.0. The first-order chi connectivity index (χ1) is 16.7. The number of aliphatic hydroxyl groups is 1. The standard InChI is InChI=1S/C32H53NO3/c1-20(2)21-10-15-32(18-19-33-27(35)36)17-16-30(6)22(26(21)32)8-9-24-29(5)13-12-25(34)28(3,4)23(29)11-14-31(24,30)7/h21-26,33-34H,1,8-19H2,2-7H3,(H,35,36)/t21-,22+,23-,24+,25-,26+,29-,30+,31+,32+/m0/s1. The number of allylic oxidation sites excluding steroid dienone is 1. The molecule has 4 nitrogen and oxygen atoms in total.